The normalized spacial score (nSPS) is 10.8. The first-order chi connectivity index (χ1) is 13.7. The summed E-state index contributed by atoms with van der Waals surface area (Å²) in [6, 6.07) is 27.6. The van der Waals surface area contributed by atoms with Crippen molar-refractivity contribution in [1.82, 2.24) is 10.2 Å². The lowest BCUT2D eigenvalue weighted by atomic mass is 9.90. The predicted molar refractivity (Wildman–Crippen MR) is 113 cm³/mol. The highest BCUT2D eigenvalue weighted by Crippen LogP contribution is 2.31. The highest BCUT2D eigenvalue weighted by atomic mass is 32.1. The Labute approximate surface area is 167 Å². The van der Waals surface area contributed by atoms with Crippen molar-refractivity contribution in [3.05, 3.63) is 102 Å². The van der Waals surface area contributed by atoms with Crippen LogP contribution in [-0.4, -0.2) is 16.1 Å². The number of hydrogen-bond acceptors (Lipinski definition) is 4. The van der Waals surface area contributed by atoms with Crippen LogP contribution in [0.5, 0.6) is 0 Å². The number of hydrogen-bond donors (Lipinski definition) is 1. The maximum Gasteiger partial charge on any atom is 0.238 e. The molecule has 3 aromatic carbocycles. The van der Waals surface area contributed by atoms with Crippen LogP contribution in [-0.2, 0) is 4.79 Å². The van der Waals surface area contributed by atoms with Gasteiger partial charge < -0.3 is 0 Å². The van der Waals surface area contributed by atoms with E-state index in [4.69, 9.17) is 0 Å². The van der Waals surface area contributed by atoms with Gasteiger partial charge in [0.15, 0.2) is 0 Å². The van der Waals surface area contributed by atoms with Gasteiger partial charge in [0.05, 0.1) is 5.92 Å². The van der Waals surface area contributed by atoms with Crippen LogP contribution in [0.25, 0.3) is 10.6 Å². The molecule has 0 aliphatic heterocycles. The van der Waals surface area contributed by atoms with Crippen molar-refractivity contribution in [3.8, 4) is 10.6 Å². The van der Waals surface area contributed by atoms with E-state index < -0.39 is 5.92 Å². The van der Waals surface area contributed by atoms with Crippen molar-refractivity contribution in [3.63, 3.8) is 0 Å². The number of benzene rings is 3. The van der Waals surface area contributed by atoms with Crippen LogP contribution in [0.2, 0.25) is 0 Å². The Hall–Kier alpha value is -3.31. The maximum atomic E-state index is 13.2. The lowest BCUT2D eigenvalue weighted by Gasteiger charge is -2.16. The summed E-state index contributed by atoms with van der Waals surface area (Å²) >= 11 is 1.38. The zero-order valence-corrected chi connectivity index (χ0v) is 16.2. The monoisotopic (exact) mass is 385 g/mol. The average molecular weight is 385 g/mol. The van der Waals surface area contributed by atoms with E-state index in [2.05, 4.69) is 15.5 Å². The smallest absolute Gasteiger partial charge is 0.238 e. The molecule has 0 bridgehead atoms. The number of nitrogens with one attached hydrogen (secondary N) is 1. The standard InChI is InChI=1S/C23H19N3OS/c1-16-10-8-9-15-19(16)22-25-26-23(28-22)24-21(27)20(17-11-4-2-5-12-17)18-13-6-3-7-14-18/h2-15,20H,1H3,(H,24,26,27). The molecule has 138 valence electrons. The molecule has 0 unspecified atom stereocenters. The fourth-order valence-corrected chi connectivity index (χ4v) is 4.00. The molecule has 1 aromatic heterocycles. The predicted octanol–water partition coefficient (Wildman–Crippen LogP) is 5.28. The van der Waals surface area contributed by atoms with E-state index in [1.807, 2.05) is 91.9 Å². The number of amides is 1. The third kappa shape index (κ3) is 3.85. The number of anilines is 1. The molecular formula is C23H19N3OS. The Kier molecular flexibility index (Phi) is 5.26. The second-order valence-corrected chi connectivity index (χ2v) is 7.45. The Balaban J connectivity index is 1.62. The van der Waals surface area contributed by atoms with Crippen LogP contribution in [0, 0.1) is 6.92 Å². The molecule has 0 saturated carbocycles. The highest BCUT2D eigenvalue weighted by molar-refractivity contribution is 7.18. The zero-order valence-electron chi connectivity index (χ0n) is 15.4. The van der Waals surface area contributed by atoms with Crippen LogP contribution in [0.1, 0.15) is 22.6 Å². The molecule has 4 rings (SSSR count). The van der Waals surface area contributed by atoms with Gasteiger partial charge in [0, 0.05) is 5.56 Å². The molecule has 0 aliphatic rings. The fraction of sp³-hybridized carbons (Fsp3) is 0.0870. The van der Waals surface area contributed by atoms with Crippen molar-refractivity contribution in [2.24, 2.45) is 0 Å². The van der Waals surface area contributed by atoms with E-state index in [1.165, 1.54) is 11.3 Å². The summed E-state index contributed by atoms with van der Waals surface area (Å²) in [6.45, 7) is 2.04. The van der Waals surface area contributed by atoms with E-state index in [1.54, 1.807) is 0 Å². The van der Waals surface area contributed by atoms with Gasteiger partial charge in [-0.15, -0.1) is 10.2 Å². The van der Waals surface area contributed by atoms with Crippen LogP contribution < -0.4 is 5.32 Å². The zero-order chi connectivity index (χ0) is 19.3. The molecule has 1 heterocycles. The van der Waals surface area contributed by atoms with Crippen molar-refractivity contribution in [2.45, 2.75) is 12.8 Å². The van der Waals surface area contributed by atoms with Crippen molar-refractivity contribution in [2.75, 3.05) is 5.32 Å². The Morgan fingerprint density at radius 3 is 2.00 bits per heavy atom. The number of aryl methyl sites for hydroxylation is 1. The van der Waals surface area contributed by atoms with Gasteiger partial charge in [0.25, 0.3) is 0 Å². The quantitative estimate of drug-likeness (QED) is 0.508. The molecule has 4 aromatic rings. The van der Waals surface area contributed by atoms with Crippen LogP contribution in [0.4, 0.5) is 5.13 Å². The summed E-state index contributed by atoms with van der Waals surface area (Å²) in [4.78, 5) is 13.2. The lowest BCUT2D eigenvalue weighted by molar-refractivity contribution is -0.116. The first-order valence-electron chi connectivity index (χ1n) is 9.02. The van der Waals surface area contributed by atoms with Gasteiger partial charge in [-0.05, 0) is 23.6 Å². The molecule has 0 spiro atoms. The summed E-state index contributed by atoms with van der Waals surface area (Å²) in [6.07, 6.45) is 0. The summed E-state index contributed by atoms with van der Waals surface area (Å²) < 4.78 is 0. The lowest BCUT2D eigenvalue weighted by Crippen LogP contribution is -2.22. The van der Waals surface area contributed by atoms with Gasteiger partial charge in [-0.1, -0.05) is 96.3 Å². The summed E-state index contributed by atoms with van der Waals surface area (Å²) in [7, 11) is 0. The Bertz CT molecular complexity index is 1040. The topological polar surface area (TPSA) is 54.9 Å². The van der Waals surface area contributed by atoms with Crippen LogP contribution in [0.15, 0.2) is 84.9 Å². The van der Waals surface area contributed by atoms with Gasteiger partial charge in [-0.25, -0.2) is 0 Å². The second kappa shape index (κ2) is 8.15. The molecule has 28 heavy (non-hydrogen) atoms. The van der Waals surface area contributed by atoms with Gasteiger partial charge >= 0.3 is 0 Å². The summed E-state index contributed by atoms with van der Waals surface area (Å²) in [5.41, 5.74) is 4.04. The van der Waals surface area contributed by atoms with Crippen molar-refractivity contribution >= 4 is 22.4 Å². The fourth-order valence-electron chi connectivity index (χ4n) is 3.16. The van der Waals surface area contributed by atoms with Crippen molar-refractivity contribution < 1.29 is 4.79 Å². The average Bonchev–Trinajstić information content (AvgIpc) is 3.18. The van der Waals surface area contributed by atoms with Crippen LogP contribution in [0.3, 0.4) is 0 Å². The van der Waals surface area contributed by atoms with Crippen LogP contribution >= 0.6 is 11.3 Å². The molecule has 0 fully saturated rings. The Morgan fingerprint density at radius 2 is 1.39 bits per heavy atom. The van der Waals surface area contributed by atoms with Gasteiger partial charge in [0.1, 0.15) is 5.01 Å². The second-order valence-electron chi connectivity index (χ2n) is 6.47. The minimum atomic E-state index is -0.409. The first kappa shape index (κ1) is 18.1. The highest BCUT2D eigenvalue weighted by Gasteiger charge is 2.24. The Morgan fingerprint density at radius 1 is 0.821 bits per heavy atom. The number of nitrogens with zero attached hydrogens (tertiary/aromatic N) is 2. The minimum Gasteiger partial charge on any atom is -0.300 e. The van der Waals surface area contributed by atoms with Crippen molar-refractivity contribution in [1.29, 1.82) is 0 Å². The van der Waals surface area contributed by atoms with E-state index in [0.717, 1.165) is 27.3 Å². The number of rotatable bonds is 5. The molecule has 0 saturated heterocycles. The van der Waals surface area contributed by atoms with Gasteiger partial charge in [-0.2, -0.15) is 0 Å². The van der Waals surface area contributed by atoms with Gasteiger partial charge in [-0.3, -0.25) is 10.1 Å². The molecule has 0 radical (unpaired) electrons. The molecule has 1 N–H and O–H groups in total. The maximum absolute atomic E-state index is 13.2. The van der Waals surface area contributed by atoms with E-state index in [-0.39, 0.29) is 5.91 Å². The molecule has 1 amide bonds. The van der Waals surface area contributed by atoms with E-state index in [0.29, 0.717) is 5.13 Å². The van der Waals surface area contributed by atoms with Gasteiger partial charge in [0.2, 0.25) is 11.0 Å². The molecule has 5 heteroatoms. The van der Waals surface area contributed by atoms with E-state index >= 15 is 0 Å². The largest absolute Gasteiger partial charge is 0.300 e. The molecule has 4 nitrogen and oxygen atoms in total. The third-order valence-electron chi connectivity index (χ3n) is 4.56. The summed E-state index contributed by atoms with van der Waals surface area (Å²) in [5, 5.41) is 12.7. The third-order valence-corrected chi connectivity index (χ3v) is 5.43. The molecular weight excluding hydrogens is 366 g/mol. The number of carbonyl (C=O) groups is 1. The minimum absolute atomic E-state index is 0.120. The number of carbonyl (C=O) groups excluding carboxylic acids is 1. The summed E-state index contributed by atoms with van der Waals surface area (Å²) in [5.74, 6) is -0.530. The first-order valence-corrected chi connectivity index (χ1v) is 9.84. The number of aromatic nitrogens is 2. The SMILES string of the molecule is Cc1ccccc1-c1nnc(NC(=O)C(c2ccccc2)c2ccccc2)s1. The molecule has 0 aliphatic carbocycles. The molecule has 0 atom stereocenters. The van der Waals surface area contributed by atoms with E-state index in [9.17, 15) is 4.79 Å².